The van der Waals surface area contributed by atoms with E-state index in [1.54, 1.807) is 7.11 Å². The van der Waals surface area contributed by atoms with Gasteiger partial charge in [0.1, 0.15) is 5.75 Å². The van der Waals surface area contributed by atoms with E-state index in [0.29, 0.717) is 0 Å². The number of hydrogen-bond acceptors (Lipinski definition) is 1. The number of nitrogens with one attached hydrogen (secondary N) is 1. The van der Waals surface area contributed by atoms with Gasteiger partial charge in [-0.3, -0.25) is 0 Å². The Morgan fingerprint density at radius 1 is 0.864 bits per heavy atom. The lowest BCUT2D eigenvalue weighted by Gasteiger charge is -2.07. The first kappa shape index (κ1) is 13.0. The van der Waals surface area contributed by atoms with Crippen molar-refractivity contribution in [2.75, 3.05) is 7.11 Å². The molecule has 0 spiro atoms. The quantitative estimate of drug-likeness (QED) is 0.531. The van der Waals surface area contributed by atoms with Crippen LogP contribution in [0.4, 0.5) is 0 Å². The third-order valence-electron chi connectivity index (χ3n) is 4.16. The molecule has 2 nitrogen and oxygen atoms in total. The second-order valence-corrected chi connectivity index (χ2v) is 5.63. The molecule has 0 amide bonds. The van der Waals surface area contributed by atoms with Gasteiger partial charge < -0.3 is 9.72 Å². The first-order chi connectivity index (χ1) is 10.8. The van der Waals surface area contributed by atoms with Crippen LogP contribution in [0.1, 0.15) is 5.56 Å². The molecule has 2 heteroatoms. The van der Waals surface area contributed by atoms with Crippen molar-refractivity contribution in [3.05, 3.63) is 66.2 Å². The average molecular weight is 287 g/mol. The minimum atomic E-state index is 0.879. The fourth-order valence-electron chi connectivity index (χ4n) is 3.09. The highest BCUT2D eigenvalue weighted by Crippen LogP contribution is 2.34. The molecular formula is C20H17NO. The number of methoxy groups -OCH3 is 1. The van der Waals surface area contributed by atoms with E-state index in [9.17, 15) is 0 Å². The first-order valence-electron chi connectivity index (χ1n) is 7.42. The Balaban J connectivity index is 2.03. The molecule has 0 aliphatic rings. The molecule has 0 atom stereocenters. The summed E-state index contributed by atoms with van der Waals surface area (Å²) in [5, 5.41) is 2.55. The second kappa shape index (κ2) is 4.92. The van der Waals surface area contributed by atoms with Crippen LogP contribution >= 0.6 is 0 Å². The highest BCUT2D eigenvalue weighted by atomic mass is 16.5. The van der Waals surface area contributed by atoms with Crippen molar-refractivity contribution in [2.45, 2.75) is 6.92 Å². The van der Waals surface area contributed by atoms with Crippen molar-refractivity contribution in [1.29, 1.82) is 0 Å². The molecule has 0 radical (unpaired) electrons. The molecule has 0 fully saturated rings. The number of aryl methyl sites for hydroxylation is 1. The summed E-state index contributed by atoms with van der Waals surface area (Å²) in [6.07, 6.45) is 0. The van der Waals surface area contributed by atoms with Gasteiger partial charge in [-0.05, 0) is 48.4 Å². The summed E-state index contributed by atoms with van der Waals surface area (Å²) in [4.78, 5) is 3.57. The van der Waals surface area contributed by atoms with E-state index >= 15 is 0 Å². The third kappa shape index (κ3) is 1.96. The van der Waals surface area contributed by atoms with E-state index < -0.39 is 0 Å². The lowest BCUT2D eigenvalue weighted by molar-refractivity contribution is 0.415. The fraction of sp³-hybridized carbons (Fsp3) is 0.100. The Morgan fingerprint density at radius 2 is 1.64 bits per heavy atom. The van der Waals surface area contributed by atoms with E-state index in [4.69, 9.17) is 4.74 Å². The van der Waals surface area contributed by atoms with Crippen LogP contribution in [0, 0.1) is 6.92 Å². The summed E-state index contributed by atoms with van der Waals surface area (Å²) in [6, 6.07) is 21.2. The van der Waals surface area contributed by atoms with Crippen molar-refractivity contribution >= 4 is 21.8 Å². The molecule has 1 heterocycles. The van der Waals surface area contributed by atoms with E-state index in [2.05, 4.69) is 60.4 Å². The molecule has 4 aromatic rings. The van der Waals surface area contributed by atoms with Crippen LogP contribution in [-0.2, 0) is 0 Å². The number of ether oxygens (including phenoxy) is 1. The highest BCUT2D eigenvalue weighted by Gasteiger charge is 2.10. The first-order valence-corrected chi connectivity index (χ1v) is 7.42. The van der Waals surface area contributed by atoms with E-state index in [0.717, 1.165) is 5.75 Å². The molecule has 0 saturated carbocycles. The molecule has 0 unspecified atom stereocenters. The third-order valence-corrected chi connectivity index (χ3v) is 4.16. The minimum absolute atomic E-state index is 0.879. The normalized spacial score (nSPS) is 11.2. The highest BCUT2D eigenvalue weighted by molar-refractivity contribution is 6.12. The van der Waals surface area contributed by atoms with Gasteiger partial charge in [-0.15, -0.1) is 0 Å². The second-order valence-electron chi connectivity index (χ2n) is 5.63. The summed E-state index contributed by atoms with van der Waals surface area (Å²) in [5.74, 6) is 0.879. The number of H-pyrrole nitrogens is 1. The number of benzene rings is 3. The topological polar surface area (TPSA) is 25.0 Å². The molecule has 0 saturated heterocycles. The van der Waals surface area contributed by atoms with Crippen LogP contribution in [0.5, 0.6) is 5.75 Å². The van der Waals surface area contributed by atoms with Crippen molar-refractivity contribution < 1.29 is 4.74 Å². The molecule has 0 aliphatic heterocycles. The Hall–Kier alpha value is -2.74. The Bertz CT molecular complexity index is 964. The maximum absolute atomic E-state index is 5.26. The van der Waals surface area contributed by atoms with Gasteiger partial charge in [0.25, 0.3) is 0 Å². The van der Waals surface area contributed by atoms with Crippen molar-refractivity contribution in [1.82, 2.24) is 4.98 Å². The maximum Gasteiger partial charge on any atom is 0.118 e. The number of hydrogen-bond donors (Lipinski definition) is 1. The number of rotatable bonds is 2. The molecule has 1 N–H and O–H groups in total. The Morgan fingerprint density at radius 3 is 2.41 bits per heavy atom. The molecule has 0 bridgehead atoms. The Kier molecular flexibility index (Phi) is 2.90. The van der Waals surface area contributed by atoms with Crippen LogP contribution in [0.15, 0.2) is 60.7 Å². The van der Waals surface area contributed by atoms with Gasteiger partial charge in [0.05, 0.1) is 12.6 Å². The number of para-hydroxylation sites is 1. The Labute approximate surface area is 129 Å². The zero-order valence-corrected chi connectivity index (χ0v) is 12.7. The van der Waals surface area contributed by atoms with Gasteiger partial charge in [-0.1, -0.05) is 30.3 Å². The van der Waals surface area contributed by atoms with Gasteiger partial charge in [-0.25, -0.2) is 0 Å². The molecule has 3 aromatic carbocycles. The van der Waals surface area contributed by atoms with Gasteiger partial charge in [0, 0.05) is 21.9 Å². The number of aromatic amines is 1. The van der Waals surface area contributed by atoms with E-state index in [1.807, 2.05) is 12.1 Å². The van der Waals surface area contributed by atoms with Gasteiger partial charge in [0.15, 0.2) is 0 Å². The molecule has 1 aromatic heterocycles. The lowest BCUT2D eigenvalue weighted by Crippen LogP contribution is -1.85. The standard InChI is InChI=1S/C20H17NO/c1-13-11-17(14-7-9-15(22-2)10-8-14)20-18(12-13)16-5-3-4-6-19(16)21-20/h3-12,21H,1-2H3. The molecular weight excluding hydrogens is 270 g/mol. The van der Waals surface area contributed by atoms with E-state index in [1.165, 1.54) is 38.5 Å². The predicted molar refractivity (Wildman–Crippen MR) is 92.5 cm³/mol. The van der Waals surface area contributed by atoms with Gasteiger partial charge in [0.2, 0.25) is 0 Å². The summed E-state index contributed by atoms with van der Waals surface area (Å²) >= 11 is 0. The largest absolute Gasteiger partial charge is 0.497 e. The molecule has 108 valence electrons. The van der Waals surface area contributed by atoms with E-state index in [-0.39, 0.29) is 0 Å². The zero-order valence-electron chi connectivity index (χ0n) is 12.7. The van der Waals surface area contributed by atoms with Crippen LogP contribution in [-0.4, -0.2) is 12.1 Å². The molecule has 4 rings (SSSR count). The number of fused-ring (bicyclic) bond motifs is 3. The van der Waals surface area contributed by atoms with Crippen molar-refractivity contribution in [2.24, 2.45) is 0 Å². The van der Waals surface area contributed by atoms with Crippen molar-refractivity contribution in [3.63, 3.8) is 0 Å². The summed E-state index contributed by atoms with van der Waals surface area (Å²) < 4.78 is 5.26. The summed E-state index contributed by atoms with van der Waals surface area (Å²) in [7, 11) is 1.69. The zero-order chi connectivity index (χ0) is 15.1. The van der Waals surface area contributed by atoms with Crippen LogP contribution in [0.3, 0.4) is 0 Å². The predicted octanol–water partition coefficient (Wildman–Crippen LogP) is 5.31. The lowest BCUT2D eigenvalue weighted by atomic mass is 9.99. The van der Waals surface area contributed by atoms with Crippen molar-refractivity contribution in [3.8, 4) is 16.9 Å². The molecule has 0 aliphatic carbocycles. The van der Waals surface area contributed by atoms with Crippen LogP contribution < -0.4 is 4.74 Å². The maximum atomic E-state index is 5.26. The summed E-state index contributed by atoms with van der Waals surface area (Å²) in [6.45, 7) is 2.15. The smallest absolute Gasteiger partial charge is 0.118 e. The van der Waals surface area contributed by atoms with Gasteiger partial charge >= 0.3 is 0 Å². The molecule has 22 heavy (non-hydrogen) atoms. The SMILES string of the molecule is COc1ccc(-c2cc(C)cc3c2[nH]c2ccccc23)cc1. The van der Waals surface area contributed by atoms with Crippen LogP contribution in [0.25, 0.3) is 32.9 Å². The monoisotopic (exact) mass is 287 g/mol. The van der Waals surface area contributed by atoms with Gasteiger partial charge in [-0.2, -0.15) is 0 Å². The number of aromatic nitrogens is 1. The minimum Gasteiger partial charge on any atom is -0.497 e. The fourth-order valence-corrected chi connectivity index (χ4v) is 3.09. The van der Waals surface area contributed by atoms with Crippen LogP contribution in [0.2, 0.25) is 0 Å². The average Bonchev–Trinajstić information content (AvgIpc) is 2.93. The summed E-state index contributed by atoms with van der Waals surface area (Å²) in [5.41, 5.74) is 6.06.